The second-order valence-electron chi connectivity index (χ2n) is 6.17. The van der Waals surface area contributed by atoms with Gasteiger partial charge in [0.25, 0.3) is 5.91 Å². The van der Waals surface area contributed by atoms with Crippen molar-refractivity contribution in [2.75, 3.05) is 57.8 Å². The highest BCUT2D eigenvalue weighted by Gasteiger charge is 2.09. The van der Waals surface area contributed by atoms with E-state index in [9.17, 15) is 4.79 Å². The van der Waals surface area contributed by atoms with Crippen molar-refractivity contribution >= 4 is 11.6 Å². The van der Waals surface area contributed by atoms with Crippen molar-refractivity contribution in [2.24, 2.45) is 0 Å². The van der Waals surface area contributed by atoms with E-state index in [1.807, 2.05) is 24.3 Å². The lowest BCUT2D eigenvalue weighted by Crippen LogP contribution is -2.44. The topological polar surface area (TPSA) is 47.6 Å². The van der Waals surface area contributed by atoms with Gasteiger partial charge in [-0.15, -0.1) is 0 Å². The molecule has 1 aliphatic rings. The van der Waals surface area contributed by atoms with Crippen molar-refractivity contribution in [1.82, 2.24) is 15.5 Å². The first kappa shape index (κ1) is 17.8. The van der Waals surface area contributed by atoms with Crippen molar-refractivity contribution in [3.05, 3.63) is 29.8 Å². The molecule has 0 bridgehead atoms. The summed E-state index contributed by atoms with van der Waals surface area (Å²) < 4.78 is 0. The van der Waals surface area contributed by atoms with E-state index in [1.54, 1.807) is 0 Å². The summed E-state index contributed by atoms with van der Waals surface area (Å²) in [5.41, 5.74) is 1.89. The molecule has 0 aliphatic carbocycles. The first-order valence-electron chi connectivity index (χ1n) is 8.73. The Bertz CT molecular complexity index is 468. The molecule has 1 amide bonds. The Hall–Kier alpha value is -1.59. The maximum Gasteiger partial charge on any atom is 0.251 e. The van der Waals surface area contributed by atoms with Crippen LogP contribution in [-0.2, 0) is 0 Å². The number of amides is 1. The highest BCUT2D eigenvalue weighted by Crippen LogP contribution is 2.14. The minimum Gasteiger partial charge on any atom is -0.375 e. The fourth-order valence-corrected chi connectivity index (χ4v) is 2.87. The van der Waals surface area contributed by atoms with Crippen molar-refractivity contribution in [1.29, 1.82) is 0 Å². The molecule has 0 unspecified atom stereocenters. The number of carbonyl (C=O) groups excluding carboxylic acids is 1. The monoisotopic (exact) mass is 318 g/mol. The molecule has 1 aromatic rings. The molecule has 1 heterocycles. The molecule has 5 nitrogen and oxygen atoms in total. The number of piperazine rings is 1. The highest BCUT2D eigenvalue weighted by atomic mass is 16.1. The van der Waals surface area contributed by atoms with E-state index in [-0.39, 0.29) is 5.91 Å². The lowest BCUT2D eigenvalue weighted by Gasteiger charge is -2.27. The summed E-state index contributed by atoms with van der Waals surface area (Å²) in [5.74, 6) is 0.0232. The Balaban J connectivity index is 1.70. The van der Waals surface area contributed by atoms with Gasteiger partial charge in [-0.05, 0) is 43.7 Å². The van der Waals surface area contributed by atoms with Gasteiger partial charge in [0.05, 0.1) is 0 Å². The summed E-state index contributed by atoms with van der Waals surface area (Å²) in [5, 5.41) is 6.37. The van der Waals surface area contributed by atoms with Crippen LogP contribution in [-0.4, -0.2) is 63.7 Å². The Morgan fingerprint density at radius 3 is 2.61 bits per heavy atom. The zero-order chi connectivity index (χ0) is 16.5. The van der Waals surface area contributed by atoms with Gasteiger partial charge in [0.1, 0.15) is 0 Å². The molecule has 2 rings (SSSR count). The van der Waals surface area contributed by atoms with Crippen molar-refractivity contribution in [3.63, 3.8) is 0 Å². The summed E-state index contributed by atoms with van der Waals surface area (Å²) in [6.45, 7) is 9.36. The fourth-order valence-electron chi connectivity index (χ4n) is 2.87. The predicted octanol–water partition coefficient (Wildman–Crippen LogP) is 1.56. The molecule has 0 spiro atoms. The van der Waals surface area contributed by atoms with Crippen molar-refractivity contribution < 1.29 is 4.79 Å². The predicted molar refractivity (Wildman–Crippen MR) is 96.3 cm³/mol. The van der Waals surface area contributed by atoms with Gasteiger partial charge in [-0.2, -0.15) is 0 Å². The second kappa shape index (κ2) is 9.53. The third kappa shape index (κ3) is 5.84. The molecule has 0 saturated carbocycles. The van der Waals surface area contributed by atoms with Crippen LogP contribution in [0.4, 0.5) is 5.69 Å². The van der Waals surface area contributed by atoms with E-state index < -0.39 is 0 Å². The number of hydrogen-bond acceptors (Lipinski definition) is 4. The molecule has 1 fully saturated rings. The minimum absolute atomic E-state index is 0.0232. The number of rotatable bonds is 8. The summed E-state index contributed by atoms with van der Waals surface area (Å²) in [7, 11) is 2.08. The number of benzene rings is 1. The summed E-state index contributed by atoms with van der Waals surface area (Å²) in [6, 6.07) is 7.86. The van der Waals surface area contributed by atoms with Crippen molar-refractivity contribution in [2.45, 2.75) is 19.8 Å². The van der Waals surface area contributed by atoms with Crippen LogP contribution in [0.2, 0.25) is 0 Å². The molecular formula is C18H30N4O. The van der Waals surface area contributed by atoms with Crippen LogP contribution in [0.25, 0.3) is 0 Å². The first-order valence-corrected chi connectivity index (χ1v) is 8.73. The maximum atomic E-state index is 12.2. The molecule has 0 atom stereocenters. The van der Waals surface area contributed by atoms with Crippen LogP contribution in [0, 0.1) is 0 Å². The van der Waals surface area contributed by atoms with E-state index in [4.69, 9.17) is 0 Å². The number of nitrogens with one attached hydrogen (secondary N) is 2. The average molecular weight is 318 g/mol. The van der Waals surface area contributed by atoms with Gasteiger partial charge in [0, 0.05) is 57.6 Å². The van der Waals surface area contributed by atoms with Gasteiger partial charge in [-0.1, -0.05) is 6.92 Å². The van der Waals surface area contributed by atoms with E-state index in [0.29, 0.717) is 0 Å². The van der Waals surface area contributed by atoms with Gasteiger partial charge in [0.15, 0.2) is 0 Å². The molecule has 128 valence electrons. The van der Waals surface area contributed by atoms with E-state index in [0.717, 1.165) is 69.9 Å². The van der Waals surface area contributed by atoms with Crippen LogP contribution in [0.1, 0.15) is 30.1 Å². The number of nitrogens with zero attached hydrogens (tertiary/aromatic N) is 2. The maximum absolute atomic E-state index is 12.2. The highest BCUT2D eigenvalue weighted by molar-refractivity contribution is 5.94. The van der Waals surface area contributed by atoms with Gasteiger partial charge in [0.2, 0.25) is 0 Å². The Morgan fingerprint density at radius 2 is 1.96 bits per heavy atom. The molecular weight excluding hydrogens is 288 g/mol. The van der Waals surface area contributed by atoms with E-state index in [2.05, 4.69) is 34.4 Å². The molecule has 0 radical (unpaired) electrons. The number of carbonyl (C=O) groups is 1. The van der Waals surface area contributed by atoms with Crippen LogP contribution in [0.15, 0.2) is 24.3 Å². The molecule has 1 aromatic carbocycles. The number of hydrogen-bond donors (Lipinski definition) is 2. The molecule has 0 aromatic heterocycles. The van der Waals surface area contributed by atoms with Crippen molar-refractivity contribution in [3.8, 4) is 0 Å². The zero-order valence-corrected chi connectivity index (χ0v) is 14.5. The van der Waals surface area contributed by atoms with Gasteiger partial charge < -0.3 is 20.4 Å². The summed E-state index contributed by atoms with van der Waals surface area (Å²) >= 11 is 0. The van der Waals surface area contributed by atoms with Crippen LogP contribution in [0.5, 0.6) is 0 Å². The van der Waals surface area contributed by atoms with Gasteiger partial charge in [-0.25, -0.2) is 0 Å². The molecule has 5 heteroatoms. The normalized spacial score (nSPS) is 15.4. The van der Waals surface area contributed by atoms with Gasteiger partial charge >= 0.3 is 0 Å². The van der Waals surface area contributed by atoms with Crippen LogP contribution >= 0.6 is 0 Å². The average Bonchev–Trinajstić information content (AvgIpc) is 2.60. The lowest BCUT2D eigenvalue weighted by molar-refractivity contribution is 0.0951. The molecule has 1 saturated heterocycles. The quantitative estimate of drug-likeness (QED) is 0.714. The second-order valence-corrected chi connectivity index (χ2v) is 6.17. The molecule has 2 N–H and O–H groups in total. The third-order valence-electron chi connectivity index (χ3n) is 4.28. The van der Waals surface area contributed by atoms with E-state index >= 15 is 0 Å². The van der Waals surface area contributed by atoms with Gasteiger partial charge in [-0.3, -0.25) is 4.79 Å². The third-order valence-corrected chi connectivity index (χ3v) is 4.28. The smallest absolute Gasteiger partial charge is 0.251 e. The molecule has 1 aliphatic heterocycles. The summed E-state index contributed by atoms with van der Waals surface area (Å²) in [6.07, 6.45) is 2.12. The van der Waals surface area contributed by atoms with Crippen LogP contribution < -0.4 is 15.5 Å². The molecule has 23 heavy (non-hydrogen) atoms. The first-order chi connectivity index (χ1) is 11.2. The Morgan fingerprint density at radius 1 is 1.26 bits per heavy atom. The largest absolute Gasteiger partial charge is 0.375 e. The SMILES string of the molecule is CCCN(C)c1ccc(C(=O)NCCCN2CCNCC2)cc1. The fraction of sp³-hybridized carbons (Fsp3) is 0.611. The zero-order valence-electron chi connectivity index (χ0n) is 14.5. The lowest BCUT2D eigenvalue weighted by atomic mass is 10.2. The number of anilines is 1. The minimum atomic E-state index is 0.0232. The van der Waals surface area contributed by atoms with E-state index in [1.165, 1.54) is 0 Å². The standard InChI is InChI=1S/C18H30N4O/c1-3-12-21(2)17-7-5-16(6-8-17)18(23)20-9-4-13-22-14-10-19-11-15-22/h5-8,19H,3-4,9-15H2,1-2H3,(H,20,23). The van der Waals surface area contributed by atoms with Crippen LogP contribution in [0.3, 0.4) is 0 Å². The summed E-state index contributed by atoms with van der Waals surface area (Å²) in [4.78, 5) is 16.8. The Kier molecular flexibility index (Phi) is 7.36. The Labute approximate surface area is 140 Å².